The zero-order valence-electron chi connectivity index (χ0n) is 9.87. The number of Topliss-reactive ketones (excluding diaryl/α,β-unsaturated/α-hetero) is 1. The van der Waals surface area contributed by atoms with Gasteiger partial charge >= 0.3 is 0 Å². The fraction of sp³-hybridized carbons (Fsp3) is 0.385. The molecule has 0 saturated carbocycles. The number of ketones is 1. The summed E-state index contributed by atoms with van der Waals surface area (Å²) in [5, 5.41) is 9.04. The first-order valence-corrected chi connectivity index (χ1v) is 5.18. The average molecular weight is 216 g/mol. The molecule has 0 radical (unpaired) electrons. The van der Waals surface area contributed by atoms with Crippen LogP contribution in [-0.2, 0) is 12.0 Å². The SMILES string of the molecule is CC(=O)c1ccc(C(C)(C)C#N)cc1CN. The van der Waals surface area contributed by atoms with Crippen LogP contribution in [0.25, 0.3) is 0 Å². The van der Waals surface area contributed by atoms with Crippen molar-refractivity contribution in [3.63, 3.8) is 0 Å². The van der Waals surface area contributed by atoms with Crippen molar-refractivity contribution in [3.8, 4) is 6.07 Å². The molecule has 0 bridgehead atoms. The largest absolute Gasteiger partial charge is 0.326 e. The Bertz CT molecular complexity index is 455. The van der Waals surface area contributed by atoms with E-state index in [1.807, 2.05) is 26.0 Å². The lowest BCUT2D eigenvalue weighted by atomic mass is 9.84. The fourth-order valence-corrected chi connectivity index (χ4v) is 1.56. The molecule has 1 aromatic rings. The minimum atomic E-state index is -0.556. The van der Waals surface area contributed by atoms with Gasteiger partial charge in [0.25, 0.3) is 0 Å². The molecule has 0 saturated heterocycles. The topological polar surface area (TPSA) is 66.9 Å². The number of rotatable bonds is 3. The molecule has 84 valence electrons. The fourth-order valence-electron chi connectivity index (χ4n) is 1.56. The van der Waals surface area contributed by atoms with Crippen LogP contribution in [0, 0.1) is 11.3 Å². The van der Waals surface area contributed by atoms with E-state index in [2.05, 4.69) is 6.07 Å². The van der Waals surface area contributed by atoms with E-state index >= 15 is 0 Å². The van der Waals surface area contributed by atoms with Gasteiger partial charge in [-0.25, -0.2) is 0 Å². The Morgan fingerprint density at radius 3 is 2.56 bits per heavy atom. The molecule has 0 heterocycles. The molecule has 0 aliphatic heterocycles. The van der Waals surface area contributed by atoms with Crippen molar-refractivity contribution in [3.05, 3.63) is 34.9 Å². The Kier molecular flexibility index (Phi) is 3.46. The normalized spacial score (nSPS) is 10.9. The third-order valence-electron chi connectivity index (χ3n) is 2.71. The molecule has 1 aromatic carbocycles. The minimum Gasteiger partial charge on any atom is -0.326 e. The predicted molar refractivity (Wildman–Crippen MR) is 63.0 cm³/mol. The van der Waals surface area contributed by atoms with Crippen molar-refractivity contribution in [1.29, 1.82) is 5.26 Å². The maximum absolute atomic E-state index is 11.3. The molecule has 3 nitrogen and oxygen atoms in total. The lowest BCUT2D eigenvalue weighted by Crippen LogP contribution is -2.16. The highest BCUT2D eigenvalue weighted by molar-refractivity contribution is 5.95. The quantitative estimate of drug-likeness (QED) is 0.787. The Hall–Kier alpha value is -1.66. The lowest BCUT2D eigenvalue weighted by Gasteiger charge is -2.17. The van der Waals surface area contributed by atoms with E-state index in [0.717, 1.165) is 11.1 Å². The second kappa shape index (κ2) is 4.46. The molecule has 0 fully saturated rings. The first kappa shape index (κ1) is 12.4. The molecule has 3 heteroatoms. The predicted octanol–water partition coefficient (Wildman–Crippen LogP) is 2.15. The first-order valence-electron chi connectivity index (χ1n) is 5.18. The smallest absolute Gasteiger partial charge is 0.160 e. The number of nitrogens with zero attached hydrogens (tertiary/aromatic N) is 1. The molecule has 16 heavy (non-hydrogen) atoms. The molecule has 2 N–H and O–H groups in total. The van der Waals surface area contributed by atoms with Crippen LogP contribution in [-0.4, -0.2) is 5.78 Å². The van der Waals surface area contributed by atoms with E-state index in [0.29, 0.717) is 12.1 Å². The summed E-state index contributed by atoms with van der Waals surface area (Å²) in [5.41, 5.74) is 7.38. The summed E-state index contributed by atoms with van der Waals surface area (Å²) in [6.07, 6.45) is 0. The number of hydrogen-bond acceptors (Lipinski definition) is 3. The molecule has 0 aliphatic rings. The third kappa shape index (κ3) is 2.29. The van der Waals surface area contributed by atoms with Gasteiger partial charge in [-0.05, 0) is 31.9 Å². The Morgan fingerprint density at radius 2 is 2.12 bits per heavy atom. The summed E-state index contributed by atoms with van der Waals surface area (Å²) in [7, 11) is 0. The summed E-state index contributed by atoms with van der Waals surface area (Å²) >= 11 is 0. The molecule has 0 spiro atoms. The molecule has 1 rings (SSSR count). The van der Waals surface area contributed by atoms with Gasteiger partial charge in [0.1, 0.15) is 0 Å². The van der Waals surface area contributed by atoms with Gasteiger partial charge in [0, 0.05) is 12.1 Å². The van der Waals surface area contributed by atoms with E-state index in [9.17, 15) is 4.79 Å². The number of carbonyl (C=O) groups excluding carboxylic acids is 1. The van der Waals surface area contributed by atoms with Crippen LogP contribution in [0.2, 0.25) is 0 Å². The highest BCUT2D eigenvalue weighted by atomic mass is 16.1. The van der Waals surface area contributed by atoms with E-state index in [1.54, 1.807) is 6.07 Å². The van der Waals surface area contributed by atoms with Crippen LogP contribution < -0.4 is 5.73 Å². The number of nitrogens with two attached hydrogens (primary N) is 1. The van der Waals surface area contributed by atoms with E-state index < -0.39 is 5.41 Å². The van der Waals surface area contributed by atoms with Gasteiger partial charge in [-0.2, -0.15) is 5.26 Å². The van der Waals surface area contributed by atoms with Gasteiger partial charge < -0.3 is 5.73 Å². The van der Waals surface area contributed by atoms with Crippen LogP contribution in [0.15, 0.2) is 18.2 Å². The van der Waals surface area contributed by atoms with Crippen LogP contribution in [0.1, 0.15) is 42.3 Å². The summed E-state index contributed by atoms with van der Waals surface area (Å²) in [6, 6.07) is 7.65. The maximum atomic E-state index is 11.3. The molecule has 0 amide bonds. The van der Waals surface area contributed by atoms with Crippen LogP contribution in [0.3, 0.4) is 0 Å². The van der Waals surface area contributed by atoms with Crippen molar-refractivity contribution in [2.24, 2.45) is 5.73 Å². The van der Waals surface area contributed by atoms with Crippen LogP contribution in [0.4, 0.5) is 0 Å². The average Bonchev–Trinajstić information content (AvgIpc) is 2.27. The first-order chi connectivity index (χ1) is 7.42. The molecular formula is C13H16N2O. The third-order valence-corrected chi connectivity index (χ3v) is 2.71. The summed E-state index contributed by atoms with van der Waals surface area (Å²) in [6.45, 7) is 5.51. The standard InChI is InChI=1S/C13H16N2O/c1-9(16)12-5-4-11(6-10(12)7-14)13(2,3)8-15/h4-6H,7,14H2,1-3H3. The van der Waals surface area contributed by atoms with Crippen LogP contribution >= 0.6 is 0 Å². The number of benzene rings is 1. The highest BCUT2D eigenvalue weighted by Crippen LogP contribution is 2.24. The summed E-state index contributed by atoms with van der Waals surface area (Å²) in [4.78, 5) is 11.3. The maximum Gasteiger partial charge on any atom is 0.160 e. The Morgan fingerprint density at radius 1 is 1.50 bits per heavy atom. The van der Waals surface area contributed by atoms with Crippen molar-refractivity contribution >= 4 is 5.78 Å². The van der Waals surface area contributed by atoms with Crippen molar-refractivity contribution in [2.75, 3.05) is 0 Å². The van der Waals surface area contributed by atoms with Gasteiger partial charge in [-0.3, -0.25) is 4.79 Å². The lowest BCUT2D eigenvalue weighted by molar-refractivity contribution is 0.101. The monoisotopic (exact) mass is 216 g/mol. The molecular weight excluding hydrogens is 200 g/mol. The molecule has 0 atom stereocenters. The van der Waals surface area contributed by atoms with E-state index in [1.165, 1.54) is 6.92 Å². The molecule has 0 aliphatic carbocycles. The second-order valence-electron chi connectivity index (χ2n) is 4.37. The van der Waals surface area contributed by atoms with E-state index in [-0.39, 0.29) is 5.78 Å². The van der Waals surface area contributed by atoms with Crippen molar-refractivity contribution in [1.82, 2.24) is 0 Å². The number of nitriles is 1. The highest BCUT2D eigenvalue weighted by Gasteiger charge is 2.21. The van der Waals surface area contributed by atoms with Gasteiger partial charge in [0.15, 0.2) is 5.78 Å². The molecule has 0 aromatic heterocycles. The van der Waals surface area contributed by atoms with Crippen molar-refractivity contribution in [2.45, 2.75) is 32.7 Å². The molecule has 0 unspecified atom stereocenters. The zero-order valence-corrected chi connectivity index (χ0v) is 9.87. The van der Waals surface area contributed by atoms with Gasteiger partial charge in [-0.15, -0.1) is 0 Å². The number of carbonyl (C=O) groups is 1. The van der Waals surface area contributed by atoms with Crippen molar-refractivity contribution < 1.29 is 4.79 Å². The Labute approximate surface area is 95.9 Å². The summed E-state index contributed by atoms with van der Waals surface area (Å²) < 4.78 is 0. The van der Waals surface area contributed by atoms with Gasteiger partial charge in [0.2, 0.25) is 0 Å². The Balaban J connectivity index is 3.31. The minimum absolute atomic E-state index is 0.00163. The van der Waals surface area contributed by atoms with Gasteiger partial charge in [0.05, 0.1) is 11.5 Å². The van der Waals surface area contributed by atoms with Gasteiger partial charge in [-0.1, -0.05) is 18.2 Å². The van der Waals surface area contributed by atoms with Crippen LogP contribution in [0.5, 0.6) is 0 Å². The van der Waals surface area contributed by atoms with E-state index in [4.69, 9.17) is 11.0 Å². The summed E-state index contributed by atoms with van der Waals surface area (Å²) in [5.74, 6) is 0.00163. The second-order valence-corrected chi connectivity index (χ2v) is 4.37. The zero-order chi connectivity index (χ0) is 12.3. The number of hydrogen-bond donors (Lipinski definition) is 1.